The van der Waals surface area contributed by atoms with Crippen molar-refractivity contribution in [3.8, 4) is 11.8 Å². The van der Waals surface area contributed by atoms with Gasteiger partial charge < -0.3 is 10.1 Å². The predicted molar refractivity (Wildman–Crippen MR) is 118 cm³/mol. The lowest BCUT2D eigenvalue weighted by Gasteiger charge is -2.20. The van der Waals surface area contributed by atoms with Crippen molar-refractivity contribution in [2.24, 2.45) is 10.4 Å². The molecule has 1 aromatic carbocycles. The lowest BCUT2D eigenvalue weighted by atomic mass is 9.98. The van der Waals surface area contributed by atoms with E-state index in [9.17, 15) is 10.1 Å². The Labute approximate surface area is 172 Å². The van der Waals surface area contributed by atoms with Crippen LogP contribution < -0.4 is 10.1 Å². The van der Waals surface area contributed by atoms with Crippen LogP contribution in [0.25, 0.3) is 10.9 Å². The van der Waals surface area contributed by atoms with Gasteiger partial charge >= 0.3 is 0 Å². The first kappa shape index (κ1) is 19.6. The topological polar surface area (TPSA) is 87.4 Å². The molecule has 0 saturated heterocycles. The van der Waals surface area contributed by atoms with Crippen LogP contribution in [-0.4, -0.2) is 39.8 Å². The highest BCUT2D eigenvalue weighted by Gasteiger charge is 2.27. The summed E-state index contributed by atoms with van der Waals surface area (Å²) in [5, 5.41) is 16.6. The Bertz CT molecular complexity index is 1090. The zero-order valence-electron chi connectivity index (χ0n) is 16.9. The maximum atomic E-state index is 11.9. The first-order chi connectivity index (χ1) is 13.8. The number of fused-ring (bicyclic) bond motifs is 1. The van der Waals surface area contributed by atoms with Gasteiger partial charge in [-0.2, -0.15) is 10.3 Å². The molecule has 1 aliphatic carbocycles. The number of aliphatic imine (C=N–C) groups is 1. The van der Waals surface area contributed by atoms with Gasteiger partial charge in [-0.15, -0.1) is 10.5 Å². The van der Waals surface area contributed by atoms with Crippen molar-refractivity contribution in [2.45, 2.75) is 39.7 Å². The first-order valence-corrected chi connectivity index (χ1v) is 11.2. The van der Waals surface area contributed by atoms with Crippen molar-refractivity contribution in [1.82, 2.24) is 10.3 Å². The third-order valence-corrected chi connectivity index (χ3v) is 6.37. The number of nitrogens with zero attached hydrogens (tertiary/aromatic N) is 3. The van der Waals surface area contributed by atoms with Crippen LogP contribution in [0, 0.1) is 16.7 Å². The molecule has 0 radical (unpaired) electrons. The fourth-order valence-corrected chi connectivity index (χ4v) is 4.64. The highest BCUT2D eigenvalue weighted by molar-refractivity contribution is 8.28. The minimum absolute atomic E-state index is 0.0303. The SMILES string of the molecule is CC(C)(C)COc1c(C#N)cnc2ccc(/C=S3/CC(=O)N=C3NC3CC3)cc12. The van der Waals surface area contributed by atoms with Gasteiger partial charge in [0, 0.05) is 17.6 Å². The second kappa shape index (κ2) is 7.60. The fourth-order valence-electron chi connectivity index (χ4n) is 2.96. The second-order valence-corrected chi connectivity index (χ2v) is 10.4. The summed E-state index contributed by atoms with van der Waals surface area (Å²) in [7, 11) is -0.363. The van der Waals surface area contributed by atoms with Crippen molar-refractivity contribution < 1.29 is 9.53 Å². The van der Waals surface area contributed by atoms with Crippen molar-refractivity contribution in [1.29, 1.82) is 5.26 Å². The Morgan fingerprint density at radius 1 is 1.38 bits per heavy atom. The molecule has 4 rings (SSSR count). The number of nitrogens with one attached hydrogen (secondary N) is 1. The number of aromatic nitrogens is 1. The monoisotopic (exact) mass is 408 g/mol. The maximum absolute atomic E-state index is 11.9. The molecule has 150 valence electrons. The number of carbonyl (C=O) groups is 1. The summed E-state index contributed by atoms with van der Waals surface area (Å²) in [6.45, 7) is 6.77. The number of hydrogen-bond acceptors (Lipinski definition) is 5. The molecule has 1 amide bonds. The molecule has 7 heteroatoms. The summed E-state index contributed by atoms with van der Waals surface area (Å²) in [5.74, 6) is 0.909. The Morgan fingerprint density at radius 3 is 2.86 bits per heavy atom. The first-order valence-electron chi connectivity index (χ1n) is 9.71. The maximum Gasteiger partial charge on any atom is 0.258 e. The molecule has 6 nitrogen and oxygen atoms in total. The molecule has 0 spiro atoms. The number of ether oxygens (including phenoxy) is 1. The molecular formula is C22H24N4O2S. The fraction of sp³-hybridized carbons (Fsp3) is 0.409. The number of pyridine rings is 1. The van der Waals surface area contributed by atoms with Crippen LogP contribution in [0.5, 0.6) is 5.75 Å². The number of hydrogen-bond donors (Lipinski definition) is 1. The van der Waals surface area contributed by atoms with Crippen LogP contribution >= 0.6 is 10.5 Å². The molecule has 29 heavy (non-hydrogen) atoms. The summed E-state index contributed by atoms with van der Waals surface area (Å²) in [6.07, 6.45) is 3.83. The molecule has 2 heterocycles. The van der Waals surface area contributed by atoms with E-state index in [0.29, 0.717) is 29.7 Å². The van der Waals surface area contributed by atoms with E-state index >= 15 is 0 Å². The van der Waals surface area contributed by atoms with Crippen LogP contribution in [0.4, 0.5) is 0 Å². The third kappa shape index (κ3) is 4.65. The van der Waals surface area contributed by atoms with E-state index in [-0.39, 0.29) is 21.8 Å². The van der Waals surface area contributed by atoms with Crippen LogP contribution in [0.15, 0.2) is 29.4 Å². The van der Waals surface area contributed by atoms with Gasteiger partial charge in [0.1, 0.15) is 17.4 Å². The van der Waals surface area contributed by atoms with Gasteiger partial charge in [0.05, 0.1) is 17.9 Å². The van der Waals surface area contributed by atoms with Gasteiger partial charge in [0.2, 0.25) is 0 Å². The summed E-state index contributed by atoms with van der Waals surface area (Å²) in [5.41, 5.74) is 2.14. The van der Waals surface area contributed by atoms with E-state index in [1.54, 1.807) is 6.20 Å². The molecular weight excluding hydrogens is 384 g/mol. The molecule has 2 aliphatic rings. The summed E-state index contributed by atoms with van der Waals surface area (Å²) in [6, 6.07) is 8.55. The van der Waals surface area contributed by atoms with E-state index in [1.165, 1.54) is 0 Å². The van der Waals surface area contributed by atoms with Crippen molar-refractivity contribution in [3.05, 3.63) is 35.5 Å². The number of benzene rings is 1. The molecule has 1 unspecified atom stereocenters. The largest absolute Gasteiger partial charge is 0.491 e. The van der Waals surface area contributed by atoms with E-state index in [2.05, 4.69) is 47.5 Å². The van der Waals surface area contributed by atoms with Gasteiger partial charge in [-0.05, 0) is 41.3 Å². The van der Waals surface area contributed by atoms with E-state index in [0.717, 1.165) is 34.5 Å². The van der Waals surface area contributed by atoms with E-state index in [1.807, 2.05) is 18.2 Å². The summed E-state index contributed by atoms with van der Waals surface area (Å²) < 4.78 is 6.07. The quantitative estimate of drug-likeness (QED) is 0.781. The number of carbonyl (C=O) groups excluding carboxylic acids is 1. The molecule has 2 aromatic rings. The number of amides is 1. The number of rotatable bonds is 4. The molecule has 1 aromatic heterocycles. The zero-order chi connectivity index (χ0) is 20.6. The van der Waals surface area contributed by atoms with Gasteiger partial charge in [-0.25, -0.2) is 0 Å². The minimum atomic E-state index is -0.363. The predicted octanol–water partition coefficient (Wildman–Crippen LogP) is 3.60. The Balaban J connectivity index is 1.72. The highest BCUT2D eigenvalue weighted by atomic mass is 32.2. The number of nitriles is 1. The summed E-state index contributed by atoms with van der Waals surface area (Å²) in [4.78, 5) is 20.5. The van der Waals surface area contributed by atoms with Gasteiger partial charge in [-0.1, -0.05) is 26.8 Å². The third-order valence-electron chi connectivity index (χ3n) is 4.55. The molecule has 1 atom stereocenters. The zero-order valence-corrected chi connectivity index (χ0v) is 17.7. The molecule has 1 saturated carbocycles. The van der Waals surface area contributed by atoms with Gasteiger partial charge in [0.25, 0.3) is 5.91 Å². The van der Waals surface area contributed by atoms with Crippen LogP contribution in [0.3, 0.4) is 0 Å². The van der Waals surface area contributed by atoms with Gasteiger partial charge in [-0.3, -0.25) is 9.78 Å². The normalized spacial score (nSPS) is 19.3. The smallest absolute Gasteiger partial charge is 0.258 e. The molecule has 1 N–H and O–H groups in total. The summed E-state index contributed by atoms with van der Waals surface area (Å²) >= 11 is 0. The van der Waals surface area contributed by atoms with Crippen LogP contribution in [0.1, 0.15) is 44.7 Å². The molecule has 0 bridgehead atoms. The van der Waals surface area contributed by atoms with Crippen LogP contribution in [-0.2, 0) is 4.79 Å². The Morgan fingerprint density at radius 2 is 2.17 bits per heavy atom. The molecule has 1 aliphatic heterocycles. The van der Waals surface area contributed by atoms with E-state index in [4.69, 9.17) is 4.74 Å². The standard InChI is InChI=1S/C22H24N4O2S/c1-22(2,3)13-28-20-15(9-23)10-24-18-7-4-14(8-17(18)20)11-29-12-19(27)26-21(29)25-16-5-6-16/h4,7-8,10-11,16H,5-6,12-13H2,1-3H3,(H,25,26,27). The minimum Gasteiger partial charge on any atom is -0.491 e. The average molecular weight is 409 g/mol. The second-order valence-electron chi connectivity index (χ2n) is 8.66. The Kier molecular flexibility index (Phi) is 5.13. The van der Waals surface area contributed by atoms with Crippen molar-refractivity contribution in [3.63, 3.8) is 0 Å². The van der Waals surface area contributed by atoms with Gasteiger partial charge in [0.15, 0.2) is 5.17 Å². The Hall–Kier alpha value is -2.72. The lowest BCUT2D eigenvalue weighted by Crippen LogP contribution is -2.22. The van der Waals surface area contributed by atoms with E-state index < -0.39 is 0 Å². The molecule has 1 fully saturated rings. The average Bonchev–Trinajstić information content (AvgIpc) is 3.41. The van der Waals surface area contributed by atoms with Crippen molar-refractivity contribution in [2.75, 3.05) is 12.4 Å². The van der Waals surface area contributed by atoms with Crippen LogP contribution in [0.2, 0.25) is 0 Å². The van der Waals surface area contributed by atoms with Crippen molar-refractivity contribution >= 4 is 37.8 Å². The lowest BCUT2D eigenvalue weighted by molar-refractivity contribution is -0.115. The number of amidine groups is 1. The highest BCUT2D eigenvalue weighted by Crippen LogP contribution is 2.32.